The lowest BCUT2D eigenvalue weighted by molar-refractivity contribution is 0.102. The molecular formula is C21H16N2O3S2. The topological polar surface area (TPSA) is 76.1 Å². The van der Waals surface area contributed by atoms with Gasteiger partial charge in [0.2, 0.25) is 0 Å². The largest absolute Gasteiger partial charge is 0.322 e. The summed E-state index contributed by atoms with van der Waals surface area (Å²) in [5.74, 6) is -0.363. The predicted octanol–water partition coefficient (Wildman–Crippen LogP) is 4.62. The Morgan fingerprint density at radius 2 is 1.71 bits per heavy atom. The van der Waals surface area contributed by atoms with Crippen molar-refractivity contribution in [3.8, 4) is 10.6 Å². The number of hydrogen-bond donors (Lipinski definition) is 1. The summed E-state index contributed by atoms with van der Waals surface area (Å²) in [6.45, 7) is 0. The van der Waals surface area contributed by atoms with Crippen molar-refractivity contribution in [3.63, 3.8) is 0 Å². The number of benzene rings is 3. The van der Waals surface area contributed by atoms with E-state index in [1.165, 1.54) is 12.1 Å². The van der Waals surface area contributed by atoms with Crippen molar-refractivity contribution in [2.45, 2.75) is 4.90 Å². The number of fused-ring (bicyclic) bond motifs is 1. The van der Waals surface area contributed by atoms with Gasteiger partial charge in [0.15, 0.2) is 9.84 Å². The molecule has 1 heterocycles. The molecule has 0 aliphatic carbocycles. The molecule has 5 nitrogen and oxygen atoms in total. The SMILES string of the molecule is CS(=O)(=O)c1cccc(C(=O)Nc2ccc(-c3nc4ccccc4s3)cc2)c1. The fourth-order valence-corrected chi connectivity index (χ4v) is 4.40. The predicted molar refractivity (Wildman–Crippen MR) is 113 cm³/mol. The van der Waals surface area contributed by atoms with Gasteiger partial charge >= 0.3 is 0 Å². The summed E-state index contributed by atoms with van der Waals surface area (Å²) in [5, 5.41) is 3.71. The van der Waals surface area contributed by atoms with Crippen molar-refractivity contribution in [2.24, 2.45) is 0 Å². The van der Waals surface area contributed by atoms with E-state index in [0.717, 1.165) is 27.0 Å². The molecule has 1 amide bonds. The average Bonchev–Trinajstić information content (AvgIpc) is 3.12. The van der Waals surface area contributed by atoms with E-state index in [1.54, 1.807) is 35.6 Å². The number of rotatable bonds is 4. The summed E-state index contributed by atoms with van der Waals surface area (Å²) in [6.07, 6.45) is 1.12. The van der Waals surface area contributed by atoms with Crippen LogP contribution in [0.2, 0.25) is 0 Å². The first-order valence-electron chi connectivity index (χ1n) is 8.48. The highest BCUT2D eigenvalue weighted by Gasteiger charge is 2.12. The minimum Gasteiger partial charge on any atom is -0.322 e. The Morgan fingerprint density at radius 3 is 2.43 bits per heavy atom. The molecule has 0 saturated heterocycles. The van der Waals surface area contributed by atoms with Gasteiger partial charge in [-0.15, -0.1) is 11.3 Å². The van der Waals surface area contributed by atoms with Crippen molar-refractivity contribution in [1.29, 1.82) is 0 Å². The number of hydrogen-bond acceptors (Lipinski definition) is 5. The fourth-order valence-electron chi connectivity index (χ4n) is 2.76. The Morgan fingerprint density at radius 1 is 0.964 bits per heavy atom. The summed E-state index contributed by atoms with van der Waals surface area (Å²) < 4.78 is 24.5. The third-order valence-electron chi connectivity index (χ3n) is 4.21. The van der Waals surface area contributed by atoms with E-state index in [1.807, 2.05) is 36.4 Å². The van der Waals surface area contributed by atoms with Crippen LogP contribution in [0.1, 0.15) is 10.4 Å². The summed E-state index contributed by atoms with van der Waals surface area (Å²) in [6, 6.07) is 21.4. The zero-order valence-corrected chi connectivity index (χ0v) is 16.5. The highest BCUT2D eigenvalue weighted by molar-refractivity contribution is 7.90. The van der Waals surface area contributed by atoms with Gasteiger partial charge in [0.05, 0.1) is 15.1 Å². The molecule has 0 unspecified atom stereocenters. The molecule has 0 atom stereocenters. The number of thiazole rings is 1. The number of sulfone groups is 1. The molecule has 4 rings (SSSR count). The molecular weight excluding hydrogens is 392 g/mol. The minimum atomic E-state index is -3.36. The first-order valence-corrected chi connectivity index (χ1v) is 11.2. The Labute approximate surface area is 166 Å². The molecule has 0 spiro atoms. The molecule has 3 aromatic carbocycles. The molecule has 1 aromatic heterocycles. The number of para-hydroxylation sites is 1. The average molecular weight is 409 g/mol. The first kappa shape index (κ1) is 18.3. The molecule has 1 N–H and O–H groups in total. The van der Waals surface area contributed by atoms with Crippen LogP contribution in [0.25, 0.3) is 20.8 Å². The van der Waals surface area contributed by atoms with Crippen molar-refractivity contribution < 1.29 is 13.2 Å². The van der Waals surface area contributed by atoms with E-state index >= 15 is 0 Å². The molecule has 0 saturated carbocycles. The van der Waals surface area contributed by atoms with E-state index in [0.29, 0.717) is 5.69 Å². The molecule has 0 bridgehead atoms. The molecule has 0 aliphatic heterocycles. The van der Waals surface area contributed by atoms with Crippen LogP contribution in [-0.4, -0.2) is 25.6 Å². The van der Waals surface area contributed by atoms with Crippen molar-refractivity contribution in [2.75, 3.05) is 11.6 Å². The van der Waals surface area contributed by atoms with Crippen LogP contribution in [0.4, 0.5) is 5.69 Å². The van der Waals surface area contributed by atoms with Gasteiger partial charge in [-0.25, -0.2) is 13.4 Å². The van der Waals surface area contributed by atoms with E-state index in [-0.39, 0.29) is 16.4 Å². The van der Waals surface area contributed by atoms with Gasteiger partial charge in [0.25, 0.3) is 5.91 Å². The molecule has 140 valence electrons. The van der Waals surface area contributed by atoms with Crippen molar-refractivity contribution >= 4 is 43.0 Å². The van der Waals surface area contributed by atoms with E-state index < -0.39 is 9.84 Å². The second kappa shape index (κ2) is 7.18. The maximum Gasteiger partial charge on any atom is 0.255 e. The fraction of sp³-hybridized carbons (Fsp3) is 0.0476. The lowest BCUT2D eigenvalue weighted by atomic mass is 10.2. The lowest BCUT2D eigenvalue weighted by Gasteiger charge is -2.07. The van der Waals surface area contributed by atoms with Crippen LogP contribution in [-0.2, 0) is 9.84 Å². The number of nitrogens with zero attached hydrogens (tertiary/aromatic N) is 1. The van der Waals surface area contributed by atoms with Gasteiger partial charge < -0.3 is 5.32 Å². The van der Waals surface area contributed by atoms with Crippen LogP contribution in [0, 0.1) is 0 Å². The number of aromatic nitrogens is 1. The third-order valence-corrected chi connectivity index (χ3v) is 6.40. The Hall–Kier alpha value is -3.03. The number of carbonyl (C=O) groups is 1. The van der Waals surface area contributed by atoms with E-state index in [2.05, 4.69) is 10.3 Å². The monoisotopic (exact) mass is 408 g/mol. The van der Waals surface area contributed by atoms with E-state index in [4.69, 9.17) is 0 Å². The highest BCUT2D eigenvalue weighted by atomic mass is 32.2. The molecule has 0 aliphatic rings. The van der Waals surface area contributed by atoms with Crippen LogP contribution in [0.5, 0.6) is 0 Å². The zero-order valence-electron chi connectivity index (χ0n) is 14.9. The summed E-state index contributed by atoms with van der Waals surface area (Å²) in [5.41, 5.74) is 2.85. The summed E-state index contributed by atoms with van der Waals surface area (Å²) in [4.78, 5) is 17.2. The lowest BCUT2D eigenvalue weighted by Crippen LogP contribution is -2.12. The smallest absolute Gasteiger partial charge is 0.255 e. The second-order valence-electron chi connectivity index (χ2n) is 6.32. The van der Waals surface area contributed by atoms with Crippen LogP contribution in [0.3, 0.4) is 0 Å². The van der Waals surface area contributed by atoms with Crippen LogP contribution >= 0.6 is 11.3 Å². The number of anilines is 1. The van der Waals surface area contributed by atoms with E-state index in [9.17, 15) is 13.2 Å². The van der Waals surface area contributed by atoms with Gasteiger partial charge in [-0.2, -0.15) is 0 Å². The molecule has 0 fully saturated rings. The molecule has 7 heteroatoms. The zero-order chi connectivity index (χ0) is 19.7. The van der Waals surface area contributed by atoms with Crippen molar-refractivity contribution in [3.05, 3.63) is 78.4 Å². The normalized spacial score (nSPS) is 11.5. The van der Waals surface area contributed by atoms with Gasteiger partial charge in [-0.05, 0) is 54.6 Å². The third kappa shape index (κ3) is 3.81. The number of nitrogens with one attached hydrogen (secondary N) is 1. The maximum atomic E-state index is 12.4. The van der Waals surface area contributed by atoms with Gasteiger partial charge in [0, 0.05) is 23.1 Å². The highest BCUT2D eigenvalue weighted by Crippen LogP contribution is 2.30. The Balaban J connectivity index is 1.54. The Kier molecular flexibility index (Phi) is 4.70. The van der Waals surface area contributed by atoms with Gasteiger partial charge in [-0.1, -0.05) is 18.2 Å². The Bertz CT molecular complexity index is 1240. The molecule has 0 radical (unpaired) electrons. The number of carbonyl (C=O) groups excluding carboxylic acids is 1. The molecule has 28 heavy (non-hydrogen) atoms. The van der Waals surface area contributed by atoms with Crippen LogP contribution in [0.15, 0.2) is 77.7 Å². The first-order chi connectivity index (χ1) is 13.4. The standard InChI is InChI=1S/C21H16N2O3S2/c1-28(25,26)17-6-4-5-15(13-17)20(24)22-16-11-9-14(10-12-16)21-23-18-7-2-3-8-19(18)27-21/h2-13H,1H3,(H,22,24). The van der Waals surface area contributed by atoms with Crippen LogP contribution < -0.4 is 5.32 Å². The molecule has 4 aromatic rings. The maximum absolute atomic E-state index is 12.4. The second-order valence-corrected chi connectivity index (χ2v) is 9.36. The van der Waals surface area contributed by atoms with Crippen molar-refractivity contribution in [1.82, 2.24) is 4.98 Å². The number of amides is 1. The summed E-state index contributed by atoms with van der Waals surface area (Å²) in [7, 11) is -3.36. The quantitative estimate of drug-likeness (QED) is 0.535. The van der Waals surface area contributed by atoms with Gasteiger partial charge in [0.1, 0.15) is 5.01 Å². The minimum absolute atomic E-state index is 0.117. The summed E-state index contributed by atoms with van der Waals surface area (Å²) >= 11 is 1.62. The van der Waals surface area contributed by atoms with Gasteiger partial charge in [-0.3, -0.25) is 4.79 Å².